The van der Waals surface area contributed by atoms with Crippen LogP contribution in [0.3, 0.4) is 0 Å². The van der Waals surface area contributed by atoms with Gasteiger partial charge in [-0.15, -0.1) is 0 Å². The van der Waals surface area contributed by atoms with Crippen LogP contribution in [0.5, 0.6) is 0 Å². The van der Waals surface area contributed by atoms with Crippen LogP contribution >= 0.6 is 0 Å². The predicted molar refractivity (Wildman–Crippen MR) is 147 cm³/mol. The molecule has 0 saturated heterocycles. The van der Waals surface area contributed by atoms with Crippen LogP contribution in [0.4, 0.5) is 0 Å². The number of hydrogen-bond donors (Lipinski definition) is 10. The van der Waals surface area contributed by atoms with Gasteiger partial charge in [-0.25, -0.2) is 4.79 Å². The largest absolute Gasteiger partial charge is 0.481 e. The van der Waals surface area contributed by atoms with Crippen LogP contribution in [0.1, 0.15) is 59.8 Å². The van der Waals surface area contributed by atoms with E-state index in [4.69, 9.17) is 22.3 Å². The lowest BCUT2D eigenvalue weighted by Gasteiger charge is -2.26. The van der Waals surface area contributed by atoms with E-state index in [2.05, 4.69) is 26.3 Å². The Bertz CT molecular complexity index is 953. The smallest absolute Gasteiger partial charge is 0.326 e. The summed E-state index contributed by atoms with van der Waals surface area (Å²) in [6.45, 7) is 6.24. The molecule has 0 bridgehead atoms. The molecule has 0 radical (unpaired) electrons. The first kappa shape index (κ1) is 37.0. The number of nitrogens with zero attached hydrogens (tertiary/aromatic N) is 1. The van der Waals surface area contributed by atoms with Crippen molar-refractivity contribution in [2.45, 2.75) is 96.1 Å². The fourth-order valence-corrected chi connectivity index (χ4v) is 3.48. The molecule has 0 spiro atoms. The molecule has 41 heavy (non-hydrogen) atoms. The molecular formula is C24H44N8O9. The first-order valence-corrected chi connectivity index (χ1v) is 13.1. The number of guanidine groups is 1. The van der Waals surface area contributed by atoms with Crippen LogP contribution < -0.4 is 38.5 Å². The summed E-state index contributed by atoms with van der Waals surface area (Å²) in [4.78, 5) is 77.1. The number of carboxylic acid groups (broad SMARTS) is 2. The van der Waals surface area contributed by atoms with Crippen LogP contribution in [-0.2, 0) is 28.8 Å². The van der Waals surface area contributed by atoms with Crippen molar-refractivity contribution in [1.82, 2.24) is 21.3 Å². The monoisotopic (exact) mass is 588 g/mol. The Morgan fingerprint density at radius 2 is 1.37 bits per heavy atom. The van der Waals surface area contributed by atoms with Gasteiger partial charge in [-0.05, 0) is 45.4 Å². The summed E-state index contributed by atoms with van der Waals surface area (Å²) in [6.07, 6.45) is -1.70. The van der Waals surface area contributed by atoms with E-state index in [1.165, 1.54) is 13.8 Å². The summed E-state index contributed by atoms with van der Waals surface area (Å²) in [7, 11) is 0. The molecule has 0 aromatic heterocycles. The molecule has 0 heterocycles. The van der Waals surface area contributed by atoms with Crippen LogP contribution in [0.2, 0.25) is 0 Å². The summed E-state index contributed by atoms with van der Waals surface area (Å²) in [5.74, 6) is -6.19. The highest BCUT2D eigenvalue weighted by molar-refractivity contribution is 5.95. The number of nitrogens with one attached hydrogen (secondary N) is 4. The third-order valence-corrected chi connectivity index (χ3v) is 5.72. The molecule has 0 aromatic carbocycles. The normalized spacial score (nSPS) is 15.3. The van der Waals surface area contributed by atoms with E-state index in [1.54, 1.807) is 13.8 Å². The number of amides is 4. The fourth-order valence-electron chi connectivity index (χ4n) is 3.48. The number of aliphatic imine (C=N–C) groups is 1. The molecule has 4 amide bonds. The lowest BCUT2D eigenvalue weighted by molar-refractivity contribution is -0.143. The zero-order chi connectivity index (χ0) is 31.9. The number of aliphatic hydroxyl groups excluding tert-OH is 1. The molecule has 0 saturated carbocycles. The van der Waals surface area contributed by atoms with Gasteiger partial charge in [0.25, 0.3) is 0 Å². The molecule has 0 unspecified atom stereocenters. The van der Waals surface area contributed by atoms with E-state index in [0.29, 0.717) is 6.42 Å². The minimum atomic E-state index is -1.61. The van der Waals surface area contributed by atoms with Crippen molar-refractivity contribution in [3.63, 3.8) is 0 Å². The van der Waals surface area contributed by atoms with Crippen molar-refractivity contribution < 1.29 is 44.1 Å². The van der Waals surface area contributed by atoms with E-state index in [1.807, 2.05) is 0 Å². The Kier molecular flexibility index (Phi) is 16.6. The molecule has 13 N–H and O–H groups in total. The zero-order valence-corrected chi connectivity index (χ0v) is 23.8. The quantitative estimate of drug-likeness (QED) is 0.0403. The predicted octanol–water partition coefficient (Wildman–Crippen LogP) is -3.30. The highest BCUT2D eigenvalue weighted by Crippen LogP contribution is 2.06. The van der Waals surface area contributed by atoms with Gasteiger partial charge in [0.05, 0.1) is 12.1 Å². The van der Waals surface area contributed by atoms with Crippen molar-refractivity contribution in [3.05, 3.63) is 0 Å². The fraction of sp³-hybridized carbons (Fsp3) is 0.708. The lowest BCUT2D eigenvalue weighted by Crippen LogP contribution is -2.60. The molecule has 0 aromatic rings. The number of carboxylic acids is 2. The average molecular weight is 589 g/mol. The molecule has 0 aliphatic rings. The van der Waals surface area contributed by atoms with Gasteiger partial charge in [-0.1, -0.05) is 13.8 Å². The van der Waals surface area contributed by atoms with Crippen molar-refractivity contribution in [3.8, 4) is 0 Å². The highest BCUT2D eigenvalue weighted by Gasteiger charge is 2.33. The number of aliphatic hydroxyl groups is 1. The number of rotatable bonds is 19. The second kappa shape index (κ2) is 18.4. The molecule has 0 aliphatic heterocycles. The van der Waals surface area contributed by atoms with Crippen molar-refractivity contribution >= 4 is 41.5 Å². The molecule has 0 fully saturated rings. The molecule has 234 valence electrons. The Balaban J connectivity index is 5.43. The molecule has 17 heteroatoms. The first-order valence-electron chi connectivity index (χ1n) is 13.1. The number of aliphatic carboxylic acids is 2. The highest BCUT2D eigenvalue weighted by atomic mass is 16.4. The number of carbonyl (C=O) groups is 6. The van der Waals surface area contributed by atoms with Gasteiger partial charge in [0.15, 0.2) is 5.96 Å². The van der Waals surface area contributed by atoms with Crippen molar-refractivity contribution in [1.29, 1.82) is 0 Å². The average Bonchev–Trinajstić information content (AvgIpc) is 2.85. The Morgan fingerprint density at radius 3 is 1.85 bits per heavy atom. The van der Waals surface area contributed by atoms with Crippen LogP contribution in [0.15, 0.2) is 4.99 Å². The lowest BCUT2D eigenvalue weighted by atomic mass is 10.0. The number of nitrogens with two attached hydrogens (primary N) is 3. The Hall–Kier alpha value is -3.99. The Morgan fingerprint density at radius 1 is 0.780 bits per heavy atom. The van der Waals surface area contributed by atoms with Crippen LogP contribution in [0.25, 0.3) is 0 Å². The second-order valence-electron chi connectivity index (χ2n) is 10.0. The van der Waals surface area contributed by atoms with Gasteiger partial charge in [-0.3, -0.25) is 29.0 Å². The SMILES string of the molecule is CC(C)C[C@H](NC(=O)[C@H](C)NC(=O)[C@@H](NC(=O)[C@H](CCC(=O)O)NC(=O)[C@@H](N)CCCN=C(N)N)[C@@H](C)O)C(=O)O. The zero-order valence-electron chi connectivity index (χ0n) is 23.8. The van der Waals surface area contributed by atoms with E-state index >= 15 is 0 Å². The number of carbonyl (C=O) groups excluding carboxylic acids is 4. The molecule has 17 nitrogen and oxygen atoms in total. The van der Waals surface area contributed by atoms with E-state index in [-0.39, 0.29) is 37.7 Å². The van der Waals surface area contributed by atoms with Gasteiger partial charge >= 0.3 is 11.9 Å². The van der Waals surface area contributed by atoms with Crippen LogP contribution in [0, 0.1) is 5.92 Å². The van der Waals surface area contributed by atoms with Gasteiger partial charge < -0.3 is 53.8 Å². The standard InChI is InChI=1S/C24H44N8O9/c1-11(2)10-16(23(40)41)31-19(36)12(3)29-22(39)18(13(4)33)32-21(38)15(7-8-17(34)35)30-20(37)14(25)6-5-9-28-24(26)27/h11-16,18,33H,5-10,25H2,1-4H3,(H,29,39)(H,30,37)(H,31,36)(H,32,38)(H,34,35)(H,40,41)(H4,26,27,28)/t12-,13+,14-,15-,16-,18-/m0/s1. The second-order valence-corrected chi connectivity index (χ2v) is 10.0. The summed E-state index contributed by atoms with van der Waals surface area (Å²) in [6, 6.07) is -6.55. The minimum Gasteiger partial charge on any atom is -0.481 e. The molecule has 0 rings (SSSR count). The van der Waals surface area contributed by atoms with Crippen LogP contribution in [-0.4, -0.2) is 99.7 Å². The third-order valence-electron chi connectivity index (χ3n) is 5.72. The third kappa shape index (κ3) is 15.4. The molecular weight excluding hydrogens is 544 g/mol. The van der Waals surface area contributed by atoms with E-state index < -0.39 is 78.3 Å². The summed E-state index contributed by atoms with van der Waals surface area (Å²) in [5, 5.41) is 37.8. The molecule has 6 atom stereocenters. The maximum Gasteiger partial charge on any atom is 0.326 e. The van der Waals surface area contributed by atoms with Gasteiger partial charge in [0, 0.05) is 13.0 Å². The summed E-state index contributed by atoms with van der Waals surface area (Å²) < 4.78 is 0. The molecule has 0 aliphatic carbocycles. The maximum absolute atomic E-state index is 13.0. The maximum atomic E-state index is 13.0. The van der Waals surface area contributed by atoms with Gasteiger partial charge in [-0.2, -0.15) is 0 Å². The Labute approximate surface area is 238 Å². The van der Waals surface area contributed by atoms with Crippen molar-refractivity contribution in [2.24, 2.45) is 28.1 Å². The van der Waals surface area contributed by atoms with E-state index in [9.17, 15) is 39.0 Å². The minimum absolute atomic E-state index is 0.0371. The topological polar surface area (TPSA) is 302 Å². The van der Waals surface area contributed by atoms with E-state index in [0.717, 1.165) is 0 Å². The summed E-state index contributed by atoms with van der Waals surface area (Å²) in [5.41, 5.74) is 16.3. The van der Waals surface area contributed by atoms with Crippen molar-refractivity contribution in [2.75, 3.05) is 6.54 Å². The van der Waals surface area contributed by atoms with Gasteiger partial charge in [0.1, 0.15) is 24.2 Å². The van der Waals surface area contributed by atoms with Gasteiger partial charge in [0.2, 0.25) is 23.6 Å². The first-order chi connectivity index (χ1) is 19.0. The summed E-state index contributed by atoms with van der Waals surface area (Å²) >= 11 is 0. The number of hydrogen-bond acceptors (Lipinski definition) is 9.